The quantitative estimate of drug-likeness (QED) is 0.334. The maximum absolute atomic E-state index is 9.89. The van der Waals surface area contributed by atoms with Crippen LogP contribution in [0.2, 0.25) is 18.1 Å². The fourth-order valence-corrected chi connectivity index (χ4v) is 4.30. The highest BCUT2D eigenvalue weighted by atomic mass is 28.4. The van der Waals surface area contributed by atoms with Crippen molar-refractivity contribution in [2.24, 2.45) is 5.11 Å². The number of hydrogen-bond donors (Lipinski definition) is 2. The molecule has 3 rings (SSSR count). The number of fused-ring (bicyclic) bond motifs is 1. The number of imidazole rings is 1. The molecule has 0 radical (unpaired) electrons. The molecule has 0 spiro atoms. The van der Waals surface area contributed by atoms with Gasteiger partial charge < -0.3 is 20.0 Å². The molecule has 0 aromatic carbocycles. The summed E-state index contributed by atoms with van der Waals surface area (Å²) in [4.78, 5) is 15.4. The zero-order valence-electron chi connectivity index (χ0n) is 16.7. The normalized spacial score (nSPS) is 25.8. The summed E-state index contributed by atoms with van der Waals surface area (Å²) >= 11 is 0. The van der Waals surface area contributed by atoms with Gasteiger partial charge in [-0.1, -0.05) is 25.9 Å². The fourth-order valence-electron chi connectivity index (χ4n) is 2.99. The fraction of sp³-hybridized carbons (Fsp3) is 0.688. The Balaban J connectivity index is 2.06. The molecule has 2 aromatic rings. The van der Waals surface area contributed by atoms with Gasteiger partial charge in [-0.05, 0) is 23.7 Å². The van der Waals surface area contributed by atoms with Gasteiger partial charge in [0.2, 0.25) is 0 Å². The molecule has 1 fully saturated rings. The van der Waals surface area contributed by atoms with Gasteiger partial charge in [-0.2, -0.15) is 0 Å². The van der Waals surface area contributed by atoms with E-state index in [1.54, 1.807) is 10.9 Å². The molecular weight excluding hydrogens is 380 g/mol. The first-order chi connectivity index (χ1) is 13.0. The zero-order chi connectivity index (χ0) is 20.7. The third-order valence-corrected chi connectivity index (χ3v) is 10.1. The molecule has 3 atom stereocenters. The zero-order valence-corrected chi connectivity index (χ0v) is 17.7. The molecule has 3 heterocycles. The topological polar surface area (TPSA) is 157 Å². The van der Waals surface area contributed by atoms with Gasteiger partial charge in [0.1, 0.15) is 11.8 Å². The Kier molecular flexibility index (Phi) is 5.10. The van der Waals surface area contributed by atoms with Gasteiger partial charge in [-0.3, -0.25) is 4.57 Å². The van der Waals surface area contributed by atoms with Crippen molar-refractivity contribution in [3.05, 3.63) is 23.1 Å². The first-order valence-electron chi connectivity index (χ1n) is 8.99. The number of azide groups is 1. The van der Waals surface area contributed by atoms with Crippen molar-refractivity contribution in [3.8, 4) is 0 Å². The van der Waals surface area contributed by atoms with Crippen LogP contribution in [0.15, 0.2) is 17.8 Å². The highest BCUT2D eigenvalue weighted by Gasteiger charge is 2.51. The Morgan fingerprint density at radius 1 is 1.46 bits per heavy atom. The van der Waals surface area contributed by atoms with E-state index in [-0.39, 0.29) is 17.3 Å². The molecule has 1 unspecified atom stereocenters. The molecule has 152 valence electrons. The minimum atomic E-state index is -2.19. The van der Waals surface area contributed by atoms with E-state index in [0.29, 0.717) is 11.2 Å². The summed E-state index contributed by atoms with van der Waals surface area (Å²) in [5, 5.41) is 13.6. The Hall–Kier alpha value is -2.24. The second-order valence-electron chi connectivity index (χ2n) is 8.51. The average Bonchev–Trinajstić information content (AvgIpc) is 3.17. The van der Waals surface area contributed by atoms with Gasteiger partial charge in [-0.15, -0.1) is 0 Å². The lowest BCUT2D eigenvalue weighted by molar-refractivity contribution is -0.103. The molecule has 11 nitrogen and oxygen atoms in total. The Morgan fingerprint density at radius 2 is 2.18 bits per heavy atom. The minimum absolute atomic E-state index is 0.0376. The summed E-state index contributed by atoms with van der Waals surface area (Å²) in [7, 11) is -2.19. The molecule has 0 aliphatic carbocycles. The Morgan fingerprint density at radius 3 is 2.79 bits per heavy atom. The molecule has 1 saturated heterocycles. The van der Waals surface area contributed by atoms with Gasteiger partial charge in [0.05, 0.1) is 19.0 Å². The number of anilines is 1. The summed E-state index contributed by atoms with van der Waals surface area (Å²) in [6.07, 6.45) is 1.95. The SMILES string of the molecule is CC(C)(C)[Si](C)(C)OC1C[C@](CO)(N=[N+]=[N-])O[C@H]1n1cnc2c(N)ncnc21. The van der Waals surface area contributed by atoms with E-state index in [9.17, 15) is 5.11 Å². The van der Waals surface area contributed by atoms with Crippen molar-refractivity contribution in [1.82, 2.24) is 19.5 Å². The number of aromatic nitrogens is 4. The predicted octanol–water partition coefficient (Wildman–Crippen LogP) is 2.72. The minimum Gasteiger partial charge on any atom is -0.409 e. The van der Waals surface area contributed by atoms with Crippen molar-refractivity contribution in [2.75, 3.05) is 12.3 Å². The van der Waals surface area contributed by atoms with E-state index in [2.05, 4.69) is 58.8 Å². The second-order valence-corrected chi connectivity index (χ2v) is 13.3. The van der Waals surface area contributed by atoms with Gasteiger partial charge in [-0.25, -0.2) is 15.0 Å². The average molecular weight is 407 g/mol. The number of ether oxygens (including phenoxy) is 1. The van der Waals surface area contributed by atoms with E-state index in [0.717, 1.165) is 0 Å². The van der Waals surface area contributed by atoms with Crippen LogP contribution in [0.5, 0.6) is 0 Å². The Labute approximate surface area is 163 Å². The van der Waals surface area contributed by atoms with Crippen LogP contribution in [0.3, 0.4) is 0 Å². The lowest BCUT2D eigenvalue weighted by atomic mass is 10.1. The number of nitrogens with two attached hydrogens (primary N) is 1. The summed E-state index contributed by atoms with van der Waals surface area (Å²) in [5.41, 5.74) is 14.4. The molecule has 28 heavy (non-hydrogen) atoms. The van der Waals surface area contributed by atoms with E-state index < -0.39 is 33.0 Å². The number of hydrogen-bond acceptors (Lipinski definition) is 8. The van der Waals surface area contributed by atoms with Crippen LogP contribution in [0.25, 0.3) is 21.6 Å². The predicted molar refractivity (Wildman–Crippen MR) is 106 cm³/mol. The van der Waals surface area contributed by atoms with Crippen molar-refractivity contribution >= 4 is 25.3 Å². The number of nitrogen functional groups attached to an aromatic ring is 1. The monoisotopic (exact) mass is 406 g/mol. The van der Waals surface area contributed by atoms with Crippen LogP contribution in [0, 0.1) is 0 Å². The lowest BCUT2D eigenvalue weighted by Crippen LogP contribution is -2.45. The van der Waals surface area contributed by atoms with Crippen LogP contribution in [-0.4, -0.2) is 51.4 Å². The van der Waals surface area contributed by atoms with E-state index in [4.69, 9.17) is 20.4 Å². The summed E-state index contributed by atoms with van der Waals surface area (Å²) < 4.78 is 14.3. The first-order valence-corrected chi connectivity index (χ1v) is 11.9. The standard InChI is InChI=1S/C16H26N8O3Si/c1-15(2,3)28(4,5)27-10-6-16(7-25,22-23-18)26-14(10)24-9-21-11-12(17)19-8-20-13(11)24/h8-10,14,25H,6-7H2,1-5H3,(H2,17,19,20)/t10?,14-,16+/m1/s1. The number of nitrogens with zero attached hydrogens (tertiary/aromatic N) is 7. The molecule has 2 aromatic heterocycles. The smallest absolute Gasteiger partial charge is 0.192 e. The molecule has 1 aliphatic rings. The van der Waals surface area contributed by atoms with Gasteiger partial charge in [0.25, 0.3) is 0 Å². The molecule has 1 aliphatic heterocycles. The molecule has 0 bridgehead atoms. The Bertz CT molecular complexity index is 920. The largest absolute Gasteiger partial charge is 0.409 e. The van der Waals surface area contributed by atoms with E-state index >= 15 is 0 Å². The second kappa shape index (κ2) is 6.98. The molecule has 12 heteroatoms. The van der Waals surface area contributed by atoms with Crippen LogP contribution >= 0.6 is 0 Å². The van der Waals surface area contributed by atoms with Crippen molar-refractivity contribution in [1.29, 1.82) is 0 Å². The maximum atomic E-state index is 9.89. The van der Waals surface area contributed by atoms with E-state index in [1.165, 1.54) is 6.33 Å². The van der Waals surface area contributed by atoms with Gasteiger partial charge in [0, 0.05) is 11.3 Å². The molecule has 3 N–H and O–H groups in total. The van der Waals surface area contributed by atoms with Crippen LogP contribution in [0.1, 0.15) is 33.4 Å². The maximum Gasteiger partial charge on any atom is 0.192 e. The highest BCUT2D eigenvalue weighted by molar-refractivity contribution is 6.74. The van der Waals surface area contributed by atoms with Crippen molar-refractivity contribution < 1.29 is 14.3 Å². The molecule has 0 amide bonds. The third kappa shape index (κ3) is 3.45. The van der Waals surface area contributed by atoms with Crippen LogP contribution in [0.4, 0.5) is 5.82 Å². The van der Waals surface area contributed by atoms with Crippen LogP contribution < -0.4 is 5.73 Å². The molecular formula is C16H26N8O3Si. The summed E-state index contributed by atoms with van der Waals surface area (Å²) in [6.45, 7) is 10.2. The van der Waals surface area contributed by atoms with Crippen LogP contribution in [-0.2, 0) is 9.16 Å². The summed E-state index contributed by atoms with van der Waals surface area (Å²) in [6, 6.07) is 0. The van der Waals surface area contributed by atoms with Crippen molar-refractivity contribution in [3.63, 3.8) is 0 Å². The van der Waals surface area contributed by atoms with E-state index in [1.807, 2.05) is 0 Å². The number of aliphatic hydroxyl groups excluding tert-OH is 1. The van der Waals surface area contributed by atoms with Crippen molar-refractivity contribution in [2.45, 2.75) is 63.4 Å². The molecule has 0 saturated carbocycles. The van der Waals surface area contributed by atoms with Gasteiger partial charge in [0.15, 0.2) is 31.7 Å². The number of aliphatic hydroxyl groups is 1. The lowest BCUT2D eigenvalue weighted by Gasteiger charge is -2.39. The summed E-state index contributed by atoms with van der Waals surface area (Å²) in [5.74, 6) is 0.257. The third-order valence-electron chi connectivity index (χ3n) is 5.57. The number of rotatable bonds is 5. The highest BCUT2D eigenvalue weighted by Crippen LogP contribution is 2.45. The first kappa shape index (κ1) is 20.5. The van der Waals surface area contributed by atoms with Gasteiger partial charge >= 0.3 is 0 Å².